The lowest BCUT2D eigenvalue weighted by molar-refractivity contribution is -0.118. The molecule has 1 atom stereocenters. The minimum absolute atomic E-state index is 0.266. The van der Waals surface area contributed by atoms with Gasteiger partial charge in [0, 0.05) is 19.1 Å². The third-order valence-corrected chi connectivity index (χ3v) is 3.11. The highest BCUT2D eigenvalue weighted by Gasteiger charge is 2.22. The summed E-state index contributed by atoms with van der Waals surface area (Å²) in [6.07, 6.45) is 2.79. The Morgan fingerprint density at radius 2 is 2.07 bits per heavy atom. The van der Waals surface area contributed by atoms with E-state index in [0.29, 0.717) is 25.0 Å². The Hall–Kier alpha value is -0.410. The smallest absolute Gasteiger partial charge is 0.131 e. The first-order chi connectivity index (χ1) is 6.63. The van der Waals surface area contributed by atoms with Crippen molar-refractivity contribution >= 4 is 5.78 Å². The highest BCUT2D eigenvalue weighted by atomic mass is 16.3. The van der Waals surface area contributed by atoms with Crippen LogP contribution in [0.4, 0.5) is 0 Å². The standard InChI is InChI=1S/C11H21NO2/c1-9(7-10(2)14)12-5-3-11(8-13)4-6-12/h9,11,13H,3-8H2,1-2H3. The molecule has 0 aromatic carbocycles. The van der Waals surface area contributed by atoms with Crippen molar-refractivity contribution in [2.24, 2.45) is 5.92 Å². The van der Waals surface area contributed by atoms with Crippen LogP contribution in [0.15, 0.2) is 0 Å². The molecular formula is C11H21NO2. The molecule has 0 aliphatic carbocycles. The predicted molar refractivity (Wildman–Crippen MR) is 56.1 cm³/mol. The van der Waals surface area contributed by atoms with Crippen LogP contribution in [-0.4, -0.2) is 41.5 Å². The number of aliphatic hydroxyl groups excluding tert-OH is 1. The molecule has 0 aromatic rings. The zero-order valence-corrected chi connectivity index (χ0v) is 9.20. The summed E-state index contributed by atoms with van der Waals surface area (Å²) < 4.78 is 0. The fourth-order valence-electron chi connectivity index (χ4n) is 2.12. The van der Waals surface area contributed by atoms with E-state index >= 15 is 0 Å². The lowest BCUT2D eigenvalue weighted by Crippen LogP contribution is -2.41. The summed E-state index contributed by atoms with van der Waals surface area (Å²) in [5.74, 6) is 0.748. The fraction of sp³-hybridized carbons (Fsp3) is 0.909. The van der Waals surface area contributed by atoms with Crippen molar-refractivity contribution in [1.29, 1.82) is 0 Å². The average molecular weight is 199 g/mol. The number of likely N-dealkylation sites (tertiary alicyclic amines) is 1. The van der Waals surface area contributed by atoms with Crippen LogP contribution < -0.4 is 0 Å². The zero-order valence-electron chi connectivity index (χ0n) is 9.20. The maximum Gasteiger partial charge on any atom is 0.131 e. The molecule has 0 radical (unpaired) electrons. The number of Topliss-reactive ketones (excluding diaryl/α,β-unsaturated/α-hetero) is 1. The van der Waals surface area contributed by atoms with Crippen LogP contribution in [-0.2, 0) is 4.79 Å². The van der Waals surface area contributed by atoms with Crippen molar-refractivity contribution in [2.75, 3.05) is 19.7 Å². The molecule has 3 heteroatoms. The third kappa shape index (κ3) is 3.39. The summed E-state index contributed by atoms with van der Waals surface area (Å²) in [6, 6.07) is 0.368. The molecule has 0 amide bonds. The van der Waals surface area contributed by atoms with Gasteiger partial charge in [0.25, 0.3) is 0 Å². The van der Waals surface area contributed by atoms with Gasteiger partial charge < -0.3 is 10.0 Å². The highest BCUT2D eigenvalue weighted by Crippen LogP contribution is 2.19. The quantitative estimate of drug-likeness (QED) is 0.736. The molecule has 1 unspecified atom stereocenters. The van der Waals surface area contributed by atoms with Crippen molar-refractivity contribution in [3.05, 3.63) is 0 Å². The second-order valence-electron chi connectivity index (χ2n) is 4.42. The van der Waals surface area contributed by atoms with Gasteiger partial charge in [-0.1, -0.05) is 0 Å². The number of carbonyl (C=O) groups excluding carboxylic acids is 1. The molecule has 3 nitrogen and oxygen atoms in total. The van der Waals surface area contributed by atoms with Gasteiger partial charge in [-0.05, 0) is 45.7 Å². The van der Waals surface area contributed by atoms with E-state index in [-0.39, 0.29) is 5.78 Å². The zero-order chi connectivity index (χ0) is 10.6. The first-order valence-electron chi connectivity index (χ1n) is 5.47. The Morgan fingerprint density at radius 3 is 2.50 bits per heavy atom. The summed E-state index contributed by atoms with van der Waals surface area (Å²) in [6.45, 7) is 6.13. The number of piperidine rings is 1. The van der Waals surface area contributed by atoms with E-state index in [1.807, 2.05) is 0 Å². The average Bonchev–Trinajstić information content (AvgIpc) is 2.17. The van der Waals surface area contributed by atoms with Gasteiger partial charge in [-0.3, -0.25) is 4.79 Å². The lowest BCUT2D eigenvalue weighted by atomic mass is 9.96. The van der Waals surface area contributed by atoms with Crippen LogP contribution in [0.25, 0.3) is 0 Å². The summed E-state index contributed by atoms with van der Waals surface area (Å²) in [5, 5.41) is 8.99. The van der Waals surface area contributed by atoms with Gasteiger partial charge in [-0.25, -0.2) is 0 Å². The van der Waals surface area contributed by atoms with E-state index in [1.54, 1.807) is 6.92 Å². The third-order valence-electron chi connectivity index (χ3n) is 3.11. The summed E-state index contributed by atoms with van der Waals surface area (Å²) in [5.41, 5.74) is 0. The minimum atomic E-state index is 0.266. The van der Waals surface area contributed by atoms with Gasteiger partial charge in [0.15, 0.2) is 0 Å². The SMILES string of the molecule is CC(=O)CC(C)N1CCC(CO)CC1. The summed E-state index contributed by atoms with van der Waals surface area (Å²) in [7, 11) is 0. The first-order valence-corrected chi connectivity index (χ1v) is 5.47. The molecule has 0 saturated carbocycles. The molecule has 0 bridgehead atoms. The van der Waals surface area contributed by atoms with Gasteiger partial charge in [0.1, 0.15) is 5.78 Å². The minimum Gasteiger partial charge on any atom is -0.396 e. The predicted octanol–water partition coefficient (Wildman–Crippen LogP) is 1.06. The monoisotopic (exact) mass is 199 g/mol. The van der Waals surface area contributed by atoms with Crippen LogP contribution in [0.5, 0.6) is 0 Å². The summed E-state index contributed by atoms with van der Waals surface area (Å²) >= 11 is 0. The maximum atomic E-state index is 11.0. The molecule has 1 aliphatic heterocycles. The van der Waals surface area contributed by atoms with Crippen LogP contribution in [0.1, 0.15) is 33.1 Å². The highest BCUT2D eigenvalue weighted by molar-refractivity contribution is 5.76. The molecule has 1 N–H and O–H groups in total. The molecule has 14 heavy (non-hydrogen) atoms. The van der Waals surface area contributed by atoms with E-state index in [2.05, 4.69) is 11.8 Å². The molecule has 1 heterocycles. The Morgan fingerprint density at radius 1 is 1.50 bits per heavy atom. The van der Waals surface area contributed by atoms with Gasteiger partial charge in [-0.2, -0.15) is 0 Å². The van der Waals surface area contributed by atoms with Crippen molar-refractivity contribution in [2.45, 2.75) is 39.2 Å². The molecule has 1 rings (SSSR count). The molecule has 0 aromatic heterocycles. The molecule has 1 aliphatic rings. The summed E-state index contributed by atoms with van der Waals surface area (Å²) in [4.78, 5) is 13.3. The molecular weight excluding hydrogens is 178 g/mol. The van der Waals surface area contributed by atoms with E-state index in [1.165, 1.54) is 0 Å². The Bertz CT molecular complexity index is 186. The molecule has 82 valence electrons. The second kappa shape index (κ2) is 5.47. The van der Waals surface area contributed by atoms with E-state index in [0.717, 1.165) is 25.9 Å². The Kier molecular flexibility index (Phi) is 4.55. The number of hydrogen-bond donors (Lipinski definition) is 1. The largest absolute Gasteiger partial charge is 0.396 e. The van der Waals surface area contributed by atoms with Gasteiger partial charge in [0.05, 0.1) is 0 Å². The second-order valence-corrected chi connectivity index (χ2v) is 4.42. The maximum absolute atomic E-state index is 11.0. The lowest BCUT2D eigenvalue weighted by Gasteiger charge is -2.35. The number of rotatable bonds is 4. The molecule has 1 saturated heterocycles. The fourth-order valence-corrected chi connectivity index (χ4v) is 2.12. The number of ketones is 1. The normalized spacial score (nSPS) is 22.2. The first kappa shape index (κ1) is 11.7. The van der Waals surface area contributed by atoms with E-state index < -0.39 is 0 Å². The Balaban J connectivity index is 2.30. The van der Waals surface area contributed by atoms with E-state index in [4.69, 9.17) is 5.11 Å². The van der Waals surface area contributed by atoms with E-state index in [9.17, 15) is 4.79 Å². The molecule has 1 fully saturated rings. The van der Waals surface area contributed by atoms with Crippen molar-refractivity contribution in [3.8, 4) is 0 Å². The number of aliphatic hydroxyl groups is 1. The van der Waals surface area contributed by atoms with Crippen LogP contribution >= 0.6 is 0 Å². The number of nitrogens with zero attached hydrogens (tertiary/aromatic N) is 1. The van der Waals surface area contributed by atoms with Gasteiger partial charge >= 0.3 is 0 Å². The van der Waals surface area contributed by atoms with Gasteiger partial charge in [-0.15, -0.1) is 0 Å². The van der Waals surface area contributed by atoms with Crippen LogP contribution in [0, 0.1) is 5.92 Å². The van der Waals surface area contributed by atoms with Gasteiger partial charge in [0.2, 0.25) is 0 Å². The molecule has 0 spiro atoms. The number of hydrogen-bond acceptors (Lipinski definition) is 3. The van der Waals surface area contributed by atoms with Crippen LogP contribution in [0.2, 0.25) is 0 Å². The topological polar surface area (TPSA) is 40.5 Å². The van der Waals surface area contributed by atoms with Crippen molar-refractivity contribution in [3.63, 3.8) is 0 Å². The van der Waals surface area contributed by atoms with Crippen molar-refractivity contribution < 1.29 is 9.90 Å². The Labute approximate surface area is 86.1 Å². The van der Waals surface area contributed by atoms with Crippen LogP contribution in [0.3, 0.4) is 0 Å². The number of carbonyl (C=O) groups is 1. The van der Waals surface area contributed by atoms with Crippen molar-refractivity contribution in [1.82, 2.24) is 4.90 Å².